The van der Waals surface area contributed by atoms with E-state index in [1.165, 1.54) is 6.20 Å². The van der Waals surface area contributed by atoms with Crippen molar-refractivity contribution in [2.24, 2.45) is 0 Å². The molecule has 0 amide bonds. The van der Waals surface area contributed by atoms with Crippen LogP contribution < -0.4 is 15.4 Å². The lowest BCUT2D eigenvalue weighted by Gasteiger charge is -2.09. The van der Waals surface area contributed by atoms with Crippen molar-refractivity contribution in [2.45, 2.75) is 0 Å². The van der Waals surface area contributed by atoms with Crippen LogP contribution in [-0.2, 0) is 0 Å². The summed E-state index contributed by atoms with van der Waals surface area (Å²) in [4.78, 5) is 0. The maximum atomic E-state index is 11.0. The van der Waals surface area contributed by atoms with Crippen LogP contribution in [0.5, 0.6) is 0 Å². The summed E-state index contributed by atoms with van der Waals surface area (Å²) in [5.41, 5.74) is 0.796. The Balaban J connectivity index is 3.13. The highest BCUT2D eigenvalue weighted by atomic mass is 16.5. The predicted molar refractivity (Wildman–Crippen MR) is 44.5 cm³/mol. The van der Waals surface area contributed by atoms with Gasteiger partial charge in [-0.05, 0) is 12.1 Å². The molecule has 4 heteroatoms. The Morgan fingerprint density at radius 3 is 2.55 bits per heavy atom. The predicted octanol–water partition coefficient (Wildman–Crippen LogP) is 0.403. The zero-order chi connectivity index (χ0) is 8.27. The number of nitrogens with zero attached hydrogens (tertiary/aromatic N) is 1. The topological polar surface area (TPSA) is 51.0 Å². The molecule has 4 nitrogen and oxygen atoms in total. The third-order valence-electron chi connectivity index (χ3n) is 1.47. The second-order valence-corrected chi connectivity index (χ2v) is 2.10. The van der Waals surface area contributed by atoms with Crippen LogP contribution in [0.3, 0.4) is 0 Å². The van der Waals surface area contributed by atoms with Gasteiger partial charge in [0, 0.05) is 7.05 Å². The Labute approximate surface area is 65.4 Å². The third-order valence-corrected chi connectivity index (χ3v) is 1.47. The summed E-state index contributed by atoms with van der Waals surface area (Å²) >= 11 is 0. The van der Waals surface area contributed by atoms with Crippen LogP contribution in [0.25, 0.3) is 0 Å². The number of aromatic nitrogens is 1. The molecule has 0 spiro atoms. The van der Waals surface area contributed by atoms with E-state index in [-0.39, 0.29) is 0 Å². The molecular formula is C7H11N3O. The standard InChI is InChI=1S/C7H11N3O/c1-8-6-4-3-5-10(11)7(6)9-2/h3-5,8-9H,1-2H3. The molecule has 0 bridgehead atoms. The smallest absolute Gasteiger partial charge is 0.300 e. The van der Waals surface area contributed by atoms with Crippen molar-refractivity contribution in [1.29, 1.82) is 0 Å². The minimum absolute atomic E-state index is 0.537. The Kier molecular flexibility index (Phi) is 2.15. The van der Waals surface area contributed by atoms with Gasteiger partial charge in [-0.25, -0.2) is 4.73 Å². The minimum Gasteiger partial charge on any atom is -0.711 e. The first-order chi connectivity index (χ1) is 5.29. The average molecular weight is 153 g/mol. The fourth-order valence-electron chi connectivity index (χ4n) is 0.936. The van der Waals surface area contributed by atoms with Gasteiger partial charge in [0.05, 0.1) is 13.2 Å². The van der Waals surface area contributed by atoms with Crippen LogP contribution in [0.1, 0.15) is 0 Å². The SMILES string of the molecule is CNc1ccc[n+]([O-])c1NC. The van der Waals surface area contributed by atoms with Crippen molar-refractivity contribution < 1.29 is 4.73 Å². The molecule has 0 aliphatic rings. The van der Waals surface area contributed by atoms with Crippen LogP contribution >= 0.6 is 0 Å². The van der Waals surface area contributed by atoms with Gasteiger partial charge in [0.15, 0.2) is 0 Å². The summed E-state index contributed by atoms with van der Waals surface area (Å²) in [5, 5.41) is 16.8. The van der Waals surface area contributed by atoms with Gasteiger partial charge in [-0.3, -0.25) is 5.32 Å². The van der Waals surface area contributed by atoms with Gasteiger partial charge < -0.3 is 10.5 Å². The van der Waals surface area contributed by atoms with Crippen LogP contribution in [0.4, 0.5) is 11.5 Å². The number of hydrogen-bond donors (Lipinski definition) is 2. The molecule has 0 aromatic carbocycles. The molecule has 0 radical (unpaired) electrons. The number of pyridine rings is 1. The Hall–Kier alpha value is -1.45. The molecule has 0 saturated heterocycles. The van der Waals surface area contributed by atoms with Gasteiger partial charge in [-0.2, -0.15) is 0 Å². The third kappa shape index (κ3) is 1.34. The first-order valence-electron chi connectivity index (χ1n) is 3.37. The zero-order valence-corrected chi connectivity index (χ0v) is 6.59. The van der Waals surface area contributed by atoms with E-state index in [0.717, 1.165) is 10.4 Å². The Bertz CT molecular complexity index is 249. The number of rotatable bonds is 2. The quantitative estimate of drug-likeness (QED) is 0.477. The van der Waals surface area contributed by atoms with Crippen molar-refractivity contribution >= 4 is 11.5 Å². The van der Waals surface area contributed by atoms with Crippen LogP contribution in [-0.4, -0.2) is 14.1 Å². The second kappa shape index (κ2) is 3.09. The van der Waals surface area contributed by atoms with Crippen molar-refractivity contribution in [1.82, 2.24) is 0 Å². The summed E-state index contributed by atoms with van der Waals surface area (Å²) in [6.07, 6.45) is 1.45. The molecule has 0 atom stereocenters. The lowest BCUT2D eigenvalue weighted by Crippen LogP contribution is -2.30. The van der Waals surface area contributed by atoms with E-state index >= 15 is 0 Å². The van der Waals surface area contributed by atoms with E-state index in [1.807, 2.05) is 6.07 Å². The number of nitrogens with one attached hydrogen (secondary N) is 2. The highest BCUT2D eigenvalue weighted by Gasteiger charge is 2.05. The molecule has 0 unspecified atom stereocenters. The van der Waals surface area contributed by atoms with E-state index in [2.05, 4.69) is 10.6 Å². The second-order valence-electron chi connectivity index (χ2n) is 2.10. The van der Waals surface area contributed by atoms with Crippen LogP contribution in [0.2, 0.25) is 0 Å². The minimum atomic E-state index is 0.537. The maximum absolute atomic E-state index is 11.0. The first kappa shape index (κ1) is 7.65. The summed E-state index contributed by atoms with van der Waals surface area (Å²) in [5.74, 6) is 0.537. The molecular weight excluding hydrogens is 142 g/mol. The van der Waals surface area contributed by atoms with E-state index in [1.54, 1.807) is 20.2 Å². The molecule has 1 heterocycles. The monoisotopic (exact) mass is 153 g/mol. The summed E-state index contributed by atoms with van der Waals surface area (Å²) in [6.45, 7) is 0. The molecule has 1 aromatic heterocycles. The van der Waals surface area contributed by atoms with Gasteiger partial charge in [-0.15, -0.1) is 0 Å². The van der Waals surface area contributed by atoms with Crippen LogP contribution in [0, 0.1) is 5.21 Å². The molecule has 1 rings (SSSR count). The largest absolute Gasteiger partial charge is 0.711 e. The van der Waals surface area contributed by atoms with E-state index in [0.29, 0.717) is 5.82 Å². The first-order valence-corrected chi connectivity index (χ1v) is 3.37. The molecule has 0 fully saturated rings. The van der Waals surface area contributed by atoms with Crippen molar-refractivity contribution in [3.8, 4) is 0 Å². The number of anilines is 2. The van der Waals surface area contributed by atoms with E-state index < -0.39 is 0 Å². The highest BCUT2D eigenvalue weighted by Crippen LogP contribution is 2.13. The lowest BCUT2D eigenvalue weighted by molar-refractivity contribution is -0.589. The highest BCUT2D eigenvalue weighted by molar-refractivity contribution is 5.60. The zero-order valence-electron chi connectivity index (χ0n) is 6.59. The molecule has 0 aliphatic carbocycles. The van der Waals surface area contributed by atoms with Crippen LogP contribution in [0.15, 0.2) is 18.3 Å². The lowest BCUT2D eigenvalue weighted by atomic mass is 10.4. The van der Waals surface area contributed by atoms with Crippen molar-refractivity contribution in [3.05, 3.63) is 23.5 Å². The van der Waals surface area contributed by atoms with Crippen molar-refractivity contribution in [3.63, 3.8) is 0 Å². The molecule has 0 saturated carbocycles. The molecule has 0 aliphatic heterocycles. The molecule has 60 valence electrons. The fraction of sp³-hybridized carbons (Fsp3) is 0.286. The molecule has 2 N–H and O–H groups in total. The molecule has 1 aromatic rings. The van der Waals surface area contributed by atoms with Gasteiger partial charge in [0.25, 0.3) is 0 Å². The van der Waals surface area contributed by atoms with Gasteiger partial charge in [0.2, 0.25) is 0 Å². The normalized spacial score (nSPS) is 9.27. The summed E-state index contributed by atoms with van der Waals surface area (Å²) in [6, 6.07) is 3.53. The number of hydrogen-bond acceptors (Lipinski definition) is 3. The Morgan fingerprint density at radius 1 is 1.36 bits per heavy atom. The average Bonchev–Trinajstić information content (AvgIpc) is 2.04. The summed E-state index contributed by atoms with van der Waals surface area (Å²) < 4.78 is 0.784. The van der Waals surface area contributed by atoms with E-state index in [9.17, 15) is 5.21 Å². The van der Waals surface area contributed by atoms with E-state index in [4.69, 9.17) is 0 Å². The van der Waals surface area contributed by atoms with Gasteiger partial charge in [-0.1, -0.05) is 0 Å². The fourth-order valence-corrected chi connectivity index (χ4v) is 0.936. The summed E-state index contributed by atoms with van der Waals surface area (Å²) in [7, 11) is 3.49. The molecule has 11 heavy (non-hydrogen) atoms. The van der Waals surface area contributed by atoms with Gasteiger partial charge >= 0.3 is 5.82 Å². The van der Waals surface area contributed by atoms with Gasteiger partial charge in [0.1, 0.15) is 5.69 Å². The Morgan fingerprint density at radius 2 is 2.09 bits per heavy atom. The maximum Gasteiger partial charge on any atom is 0.300 e. The van der Waals surface area contributed by atoms with Crippen molar-refractivity contribution in [2.75, 3.05) is 24.7 Å².